The first-order valence-corrected chi connectivity index (χ1v) is 10.2. The van der Waals surface area contributed by atoms with Gasteiger partial charge in [0.25, 0.3) is 0 Å². The van der Waals surface area contributed by atoms with E-state index in [4.69, 9.17) is 14.2 Å². The summed E-state index contributed by atoms with van der Waals surface area (Å²) < 4.78 is 18.4. The van der Waals surface area contributed by atoms with E-state index >= 15 is 0 Å². The smallest absolute Gasteiger partial charge is 0.408 e. The highest BCUT2D eigenvalue weighted by atomic mass is 16.6. The van der Waals surface area contributed by atoms with Gasteiger partial charge in [0.15, 0.2) is 11.5 Å². The van der Waals surface area contributed by atoms with E-state index in [0.29, 0.717) is 17.2 Å². The van der Waals surface area contributed by atoms with E-state index in [0.717, 1.165) is 11.3 Å². The Labute approximate surface area is 186 Å². The molecule has 0 saturated carbocycles. The minimum absolute atomic E-state index is 0.228. The molecule has 9 nitrogen and oxygen atoms in total. The number of hydrogen-bond acceptors (Lipinski definition) is 6. The first-order valence-electron chi connectivity index (χ1n) is 10.2. The summed E-state index contributed by atoms with van der Waals surface area (Å²) in [6, 6.07) is 10.00. The number of aromatic nitrogens is 2. The van der Waals surface area contributed by atoms with E-state index in [9.17, 15) is 9.59 Å². The number of ether oxygens (including phenoxy) is 3. The van der Waals surface area contributed by atoms with Crippen LogP contribution in [0, 0.1) is 0 Å². The van der Waals surface area contributed by atoms with Crippen LogP contribution >= 0.6 is 0 Å². The number of nitrogens with one attached hydrogen (secondary N) is 2. The first kappa shape index (κ1) is 22.9. The van der Waals surface area contributed by atoms with Crippen LogP contribution in [0.4, 0.5) is 10.5 Å². The molecule has 0 unspecified atom stereocenters. The standard InChI is InChI=1S/C23H28N4O5/c1-15(24-22(29)32-23(2,3)4)21(28)26-16-9-10-18(30-5)19(12-16)31-14-17-13-27-11-7-6-8-20(27)25-17/h6-13,15H,14H2,1-5H3,(H,24,29)(H,26,28)/t15-/m1/s1. The van der Waals surface area contributed by atoms with Crippen LogP contribution in [0.2, 0.25) is 0 Å². The number of benzene rings is 1. The second-order valence-corrected chi connectivity index (χ2v) is 8.21. The van der Waals surface area contributed by atoms with Gasteiger partial charge in [-0.15, -0.1) is 0 Å². The molecular formula is C23H28N4O5. The lowest BCUT2D eigenvalue weighted by Crippen LogP contribution is -2.43. The van der Waals surface area contributed by atoms with Crippen molar-refractivity contribution in [3.05, 3.63) is 54.5 Å². The molecule has 2 aromatic heterocycles. The third kappa shape index (κ3) is 6.13. The predicted octanol–water partition coefficient (Wildman–Crippen LogP) is 3.77. The van der Waals surface area contributed by atoms with Crippen molar-refractivity contribution in [2.75, 3.05) is 12.4 Å². The molecule has 0 aliphatic heterocycles. The molecule has 2 N–H and O–H groups in total. The normalized spacial score (nSPS) is 12.2. The van der Waals surface area contributed by atoms with Crippen molar-refractivity contribution in [3.63, 3.8) is 0 Å². The van der Waals surface area contributed by atoms with Gasteiger partial charge in [-0.05, 0) is 52.0 Å². The van der Waals surface area contributed by atoms with Gasteiger partial charge in [0.2, 0.25) is 5.91 Å². The van der Waals surface area contributed by atoms with Crippen LogP contribution < -0.4 is 20.1 Å². The number of carbonyl (C=O) groups is 2. The molecule has 1 aromatic carbocycles. The van der Waals surface area contributed by atoms with Gasteiger partial charge in [0, 0.05) is 24.1 Å². The predicted molar refractivity (Wildman–Crippen MR) is 120 cm³/mol. The van der Waals surface area contributed by atoms with E-state index in [1.165, 1.54) is 7.11 Å². The molecule has 2 heterocycles. The third-order valence-corrected chi connectivity index (χ3v) is 4.35. The van der Waals surface area contributed by atoms with Crippen molar-refractivity contribution >= 4 is 23.3 Å². The zero-order chi connectivity index (χ0) is 23.3. The number of amides is 2. The second kappa shape index (κ2) is 9.59. The van der Waals surface area contributed by atoms with Crippen molar-refractivity contribution in [1.82, 2.24) is 14.7 Å². The Morgan fingerprint density at radius 1 is 1.16 bits per heavy atom. The lowest BCUT2D eigenvalue weighted by atomic mass is 10.2. The molecule has 1 atom stereocenters. The van der Waals surface area contributed by atoms with Crippen LogP contribution in [0.15, 0.2) is 48.8 Å². The molecule has 0 aliphatic carbocycles. The Balaban J connectivity index is 1.64. The zero-order valence-electron chi connectivity index (χ0n) is 18.8. The largest absolute Gasteiger partial charge is 0.493 e. The van der Waals surface area contributed by atoms with Gasteiger partial charge in [-0.25, -0.2) is 9.78 Å². The van der Waals surface area contributed by atoms with Gasteiger partial charge in [0.05, 0.1) is 12.8 Å². The number of pyridine rings is 1. The van der Waals surface area contributed by atoms with Gasteiger partial charge < -0.3 is 29.2 Å². The fourth-order valence-corrected chi connectivity index (χ4v) is 2.88. The summed E-state index contributed by atoms with van der Waals surface area (Å²) in [4.78, 5) is 28.9. The quantitative estimate of drug-likeness (QED) is 0.580. The van der Waals surface area contributed by atoms with Crippen LogP contribution in [0.1, 0.15) is 33.4 Å². The van der Waals surface area contributed by atoms with Gasteiger partial charge in [0.1, 0.15) is 23.9 Å². The van der Waals surface area contributed by atoms with Gasteiger partial charge >= 0.3 is 6.09 Å². The van der Waals surface area contributed by atoms with Gasteiger partial charge in [-0.2, -0.15) is 0 Å². The highest BCUT2D eigenvalue weighted by Crippen LogP contribution is 2.31. The van der Waals surface area contributed by atoms with E-state index < -0.39 is 23.6 Å². The van der Waals surface area contributed by atoms with Gasteiger partial charge in [-0.1, -0.05) is 6.07 Å². The average molecular weight is 441 g/mol. The molecule has 0 radical (unpaired) electrons. The van der Waals surface area contributed by atoms with Crippen molar-refractivity contribution in [2.24, 2.45) is 0 Å². The molecule has 32 heavy (non-hydrogen) atoms. The minimum atomic E-state index is -0.797. The van der Waals surface area contributed by atoms with Crippen molar-refractivity contribution < 1.29 is 23.8 Å². The van der Waals surface area contributed by atoms with Gasteiger partial charge in [-0.3, -0.25) is 4.79 Å². The maximum atomic E-state index is 12.5. The van der Waals surface area contributed by atoms with E-state index in [1.807, 2.05) is 35.0 Å². The summed E-state index contributed by atoms with van der Waals surface area (Å²) in [5, 5.41) is 5.27. The Morgan fingerprint density at radius 3 is 2.62 bits per heavy atom. The maximum Gasteiger partial charge on any atom is 0.408 e. The number of anilines is 1. The third-order valence-electron chi connectivity index (χ3n) is 4.35. The molecule has 0 fully saturated rings. The van der Waals surface area contributed by atoms with Crippen LogP contribution in [0.3, 0.4) is 0 Å². The number of carbonyl (C=O) groups excluding carboxylic acids is 2. The lowest BCUT2D eigenvalue weighted by molar-refractivity contribution is -0.117. The molecule has 3 aromatic rings. The molecule has 9 heteroatoms. The molecule has 3 rings (SSSR count). The number of hydrogen-bond donors (Lipinski definition) is 2. The van der Waals surface area contributed by atoms with Crippen molar-refractivity contribution in [1.29, 1.82) is 0 Å². The van der Waals surface area contributed by atoms with Crippen molar-refractivity contribution in [3.8, 4) is 11.5 Å². The molecule has 0 saturated heterocycles. The zero-order valence-corrected chi connectivity index (χ0v) is 18.8. The Morgan fingerprint density at radius 2 is 1.94 bits per heavy atom. The molecule has 0 spiro atoms. The Kier molecular flexibility index (Phi) is 6.87. The number of imidazole rings is 1. The number of nitrogens with zero attached hydrogens (tertiary/aromatic N) is 2. The second-order valence-electron chi connectivity index (χ2n) is 8.21. The van der Waals surface area contributed by atoms with E-state index in [-0.39, 0.29) is 6.61 Å². The number of methoxy groups -OCH3 is 1. The summed E-state index contributed by atoms with van der Waals surface area (Å²) in [6.07, 6.45) is 3.14. The summed E-state index contributed by atoms with van der Waals surface area (Å²) in [5.74, 6) is 0.578. The summed E-state index contributed by atoms with van der Waals surface area (Å²) in [7, 11) is 1.54. The molecule has 0 aliphatic rings. The highest BCUT2D eigenvalue weighted by molar-refractivity contribution is 5.96. The molecule has 170 valence electrons. The Bertz CT molecular complexity index is 1070. The minimum Gasteiger partial charge on any atom is -0.493 e. The topological polar surface area (TPSA) is 103 Å². The van der Waals surface area contributed by atoms with Crippen LogP contribution in [0.5, 0.6) is 11.5 Å². The van der Waals surface area contributed by atoms with Crippen LogP contribution in [-0.4, -0.2) is 40.1 Å². The molecular weight excluding hydrogens is 412 g/mol. The van der Waals surface area contributed by atoms with E-state index in [2.05, 4.69) is 15.6 Å². The SMILES string of the molecule is COc1ccc(NC(=O)[C@@H](C)NC(=O)OC(C)(C)C)cc1OCc1cn2ccccc2n1. The van der Waals surface area contributed by atoms with Crippen molar-refractivity contribution in [2.45, 2.75) is 45.9 Å². The highest BCUT2D eigenvalue weighted by Gasteiger charge is 2.21. The Hall–Kier alpha value is -3.75. The summed E-state index contributed by atoms with van der Waals surface area (Å²) >= 11 is 0. The number of alkyl carbamates (subject to hydrolysis) is 1. The maximum absolute atomic E-state index is 12.5. The number of fused-ring (bicyclic) bond motifs is 1. The molecule has 2 amide bonds. The summed E-state index contributed by atoms with van der Waals surface area (Å²) in [5.41, 5.74) is 1.43. The monoisotopic (exact) mass is 440 g/mol. The van der Waals surface area contributed by atoms with Crippen LogP contribution in [0.25, 0.3) is 5.65 Å². The van der Waals surface area contributed by atoms with Crippen LogP contribution in [-0.2, 0) is 16.1 Å². The molecule has 0 bridgehead atoms. The fraction of sp³-hybridized carbons (Fsp3) is 0.348. The fourth-order valence-electron chi connectivity index (χ4n) is 2.88. The lowest BCUT2D eigenvalue weighted by Gasteiger charge is -2.21. The first-order chi connectivity index (χ1) is 15.1. The average Bonchev–Trinajstić information content (AvgIpc) is 3.14. The van der Waals surface area contributed by atoms with E-state index in [1.54, 1.807) is 45.9 Å². The summed E-state index contributed by atoms with van der Waals surface area (Å²) in [6.45, 7) is 7.06. The number of rotatable bonds is 7.